The number of halogens is 1. The molecule has 3 aromatic rings. The summed E-state index contributed by atoms with van der Waals surface area (Å²) in [6, 6.07) is 14.4. The minimum absolute atomic E-state index is 0.247. The third-order valence-corrected chi connectivity index (χ3v) is 4.51. The van der Waals surface area contributed by atoms with E-state index in [0.29, 0.717) is 24.5 Å². The van der Waals surface area contributed by atoms with Gasteiger partial charge in [-0.05, 0) is 34.2 Å². The van der Waals surface area contributed by atoms with Crippen molar-refractivity contribution in [3.63, 3.8) is 0 Å². The van der Waals surface area contributed by atoms with Crippen LogP contribution in [0.1, 0.15) is 23.0 Å². The Kier molecular flexibility index (Phi) is 4.15. The molecule has 1 aliphatic heterocycles. The second-order valence-electron chi connectivity index (χ2n) is 6.00. The number of fused-ring (bicyclic) bond motifs is 1. The van der Waals surface area contributed by atoms with Gasteiger partial charge in [0, 0.05) is 18.7 Å². The van der Waals surface area contributed by atoms with Crippen molar-refractivity contribution in [2.45, 2.75) is 19.1 Å². The largest absolute Gasteiger partial charge is 0.497 e. The minimum atomic E-state index is -0.313. The number of nitrogens with zero attached hydrogens (tertiary/aromatic N) is 5. The van der Waals surface area contributed by atoms with Gasteiger partial charge in [-0.3, -0.25) is 4.90 Å². The van der Waals surface area contributed by atoms with E-state index < -0.39 is 0 Å². The molecule has 6 nitrogen and oxygen atoms in total. The van der Waals surface area contributed by atoms with Crippen LogP contribution in [0.4, 0.5) is 4.39 Å². The maximum absolute atomic E-state index is 14.5. The quantitative estimate of drug-likeness (QED) is 0.731. The summed E-state index contributed by atoms with van der Waals surface area (Å²) in [4.78, 5) is 2.20. The summed E-state index contributed by atoms with van der Waals surface area (Å²) in [6.45, 7) is 2.10. The van der Waals surface area contributed by atoms with Crippen LogP contribution in [-0.2, 0) is 13.1 Å². The number of hydrogen-bond donors (Lipinski definition) is 0. The van der Waals surface area contributed by atoms with Crippen molar-refractivity contribution < 1.29 is 9.13 Å². The molecule has 25 heavy (non-hydrogen) atoms. The van der Waals surface area contributed by atoms with Crippen molar-refractivity contribution in [2.75, 3.05) is 13.7 Å². The molecule has 0 saturated heterocycles. The van der Waals surface area contributed by atoms with E-state index in [1.807, 2.05) is 30.3 Å². The predicted molar refractivity (Wildman–Crippen MR) is 89.5 cm³/mol. The molecule has 0 aliphatic carbocycles. The molecular formula is C18H18FN5O. The molecule has 7 heteroatoms. The average Bonchev–Trinajstić information content (AvgIpc) is 3.12. The summed E-state index contributed by atoms with van der Waals surface area (Å²) in [5, 5.41) is 11.9. The second-order valence-corrected chi connectivity index (χ2v) is 6.00. The maximum Gasteiger partial charge on any atom is 0.173 e. The van der Waals surface area contributed by atoms with Crippen LogP contribution in [0.5, 0.6) is 5.75 Å². The lowest BCUT2D eigenvalue weighted by Crippen LogP contribution is -2.39. The molecule has 0 fully saturated rings. The number of benzene rings is 2. The molecule has 0 saturated carbocycles. The summed E-state index contributed by atoms with van der Waals surface area (Å²) in [5.74, 6) is 1.24. The highest BCUT2D eigenvalue weighted by Gasteiger charge is 2.33. The van der Waals surface area contributed by atoms with Gasteiger partial charge in [-0.1, -0.05) is 30.3 Å². The summed E-state index contributed by atoms with van der Waals surface area (Å²) in [7, 11) is 1.65. The molecule has 2 heterocycles. The second kappa shape index (κ2) is 6.60. The molecular weight excluding hydrogens is 321 g/mol. The number of rotatable bonds is 4. The van der Waals surface area contributed by atoms with E-state index in [4.69, 9.17) is 4.74 Å². The van der Waals surface area contributed by atoms with Gasteiger partial charge >= 0.3 is 0 Å². The van der Waals surface area contributed by atoms with Gasteiger partial charge in [-0.25, -0.2) is 9.07 Å². The van der Waals surface area contributed by atoms with Crippen molar-refractivity contribution in [1.82, 2.24) is 25.1 Å². The van der Waals surface area contributed by atoms with Crippen molar-refractivity contribution in [1.29, 1.82) is 0 Å². The van der Waals surface area contributed by atoms with E-state index >= 15 is 0 Å². The van der Waals surface area contributed by atoms with Crippen molar-refractivity contribution in [3.05, 3.63) is 71.3 Å². The van der Waals surface area contributed by atoms with Crippen molar-refractivity contribution in [3.8, 4) is 5.75 Å². The molecule has 0 bridgehead atoms. The van der Waals surface area contributed by atoms with E-state index in [1.54, 1.807) is 23.9 Å². The maximum atomic E-state index is 14.5. The molecule has 2 aromatic carbocycles. The Morgan fingerprint density at radius 2 is 1.92 bits per heavy atom. The first-order valence-electron chi connectivity index (χ1n) is 8.14. The van der Waals surface area contributed by atoms with Gasteiger partial charge in [-0.15, -0.1) is 5.10 Å². The Balaban J connectivity index is 1.69. The summed E-state index contributed by atoms with van der Waals surface area (Å²) in [5.41, 5.74) is 1.72. The number of hydrogen-bond acceptors (Lipinski definition) is 5. The molecule has 128 valence electrons. The summed E-state index contributed by atoms with van der Waals surface area (Å²) < 4.78 is 21.4. The number of methoxy groups -OCH3 is 1. The molecule has 0 radical (unpaired) electrons. The lowest BCUT2D eigenvalue weighted by atomic mass is 10.0. The first kappa shape index (κ1) is 15.7. The highest BCUT2D eigenvalue weighted by molar-refractivity contribution is 5.30. The fraction of sp³-hybridized carbons (Fsp3) is 0.278. The van der Waals surface area contributed by atoms with Crippen LogP contribution >= 0.6 is 0 Å². The summed E-state index contributed by atoms with van der Waals surface area (Å²) >= 11 is 0. The lowest BCUT2D eigenvalue weighted by molar-refractivity contribution is 0.161. The first-order valence-corrected chi connectivity index (χ1v) is 8.14. The zero-order valence-corrected chi connectivity index (χ0v) is 13.8. The first-order chi connectivity index (χ1) is 12.3. The smallest absolute Gasteiger partial charge is 0.173 e. The third-order valence-electron chi connectivity index (χ3n) is 4.51. The van der Waals surface area contributed by atoms with E-state index in [2.05, 4.69) is 20.4 Å². The number of tetrazole rings is 1. The normalized spacial score (nSPS) is 17.3. The fourth-order valence-corrected chi connectivity index (χ4v) is 3.25. The zero-order valence-electron chi connectivity index (χ0n) is 13.8. The van der Waals surface area contributed by atoms with Crippen LogP contribution in [-0.4, -0.2) is 38.8 Å². The Hall–Kier alpha value is -2.80. The Bertz CT molecular complexity index is 864. The van der Waals surface area contributed by atoms with Crippen LogP contribution in [0.2, 0.25) is 0 Å². The van der Waals surface area contributed by atoms with Gasteiger partial charge in [-0.2, -0.15) is 0 Å². The lowest BCUT2D eigenvalue weighted by Gasteiger charge is -2.35. The van der Waals surface area contributed by atoms with Crippen molar-refractivity contribution >= 4 is 0 Å². The van der Waals surface area contributed by atoms with E-state index in [-0.39, 0.29) is 11.9 Å². The zero-order chi connectivity index (χ0) is 17.2. The van der Waals surface area contributed by atoms with Gasteiger partial charge < -0.3 is 4.74 Å². The SMILES string of the molecule is COc1ccc(CN2CCn3nnnc3C2c2ccccc2F)cc1. The van der Waals surface area contributed by atoms with Crippen LogP contribution in [0.25, 0.3) is 0 Å². The number of aromatic nitrogens is 4. The molecule has 0 N–H and O–H groups in total. The topological polar surface area (TPSA) is 56.1 Å². The van der Waals surface area contributed by atoms with Crippen LogP contribution < -0.4 is 4.74 Å². The molecule has 1 aliphatic rings. The Morgan fingerprint density at radius 3 is 2.68 bits per heavy atom. The van der Waals surface area contributed by atoms with Crippen LogP contribution in [0.3, 0.4) is 0 Å². The third kappa shape index (κ3) is 2.98. The molecule has 4 rings (SSSR count). The van der Waals surface area contributed by atoms with Crippen LogP contribution in [0.15, 0.2) is 48.5 Å². The van der Waals surface area contributed by atoms with E-state index in [0.717, 1.165) is 17.9 Å². The van der Waals surface area contributed by atoms with Gasteiger partial charge in [0.2, 0.25) is 0 Å². The number of ether oxygens (including phenoxy) is 1. The molecule has 1 aromatic heterocycles. The minimum Gasteiger partial charge on any atom is -0.497 e. The van der Waals surface area contributed by atoms with E-state index in [1.165, 1.54) is 6.07 Å². The standard InChI is InChI=1S/C18H18FN5O/c1-25-14-8-6-13(7-9-14)12-23-10-11-24-18(20-21-22-24)17(23)15-4-2-3-5-16(15)19/h2-9,17H,10-12H2,1H3. The van der Waals surface area contributed by atoms with Crippen molar-refractivity contribution in [2.24, 2.45) is 0 Å². The molecule has 0 spiro atoms. The average molecular weight is 339 g/mol. The monoisotopic (exact) mass is 339 g/mol. The highest BCUT2D eigenvalue weighted by Crippen LogP contribution is 2.32. The van der Waals surface area contributed by atoms with Gasteiger partial charge in [0.05, 0.1) is 13.7 Å². The molecule has 1 atom stereocenters. The van der Waals surface area contributed by atoms with Gasteiger partial charge in [0.15, 0.2) is 5.82 Å². The predicted octanol–water partition coefficient (Wildman–Crippen LogP) is 2.43. The fourth-order valence-electron chi connectivity index (χ4n) is 3.25. The van der Waals surface area contributed by atoms with E-state index in [9.17, 15) is 4.39 Å². The Morgan fingerprint density at radius 1 is 1.12 bits per heavy atom. The molecule has 0 amide bonds. The van der Waals surface area contributed by atoms with Crippen LogP contribution in [0, 0.1) is 5.82 Å². The van der Waals surface area contributed by atoms with Gasteiger partial charge in [0.1, 0.15) is 17.6 Å². The van der Waals surface area contributed by atoms with Gasteiger partial charge in [0.25, 0.3) is 0 Å². The summed E-state index contributed by atoms with van der Waals surface area (Å²) in [6.07, 6.45) is 0. The Labute approximate surface area is 144 Å². The highest BCUT2D eigenvalue weighted by atomic mass is 19.1. The molecule has 1 unspecified atom stereocenters.